The Hall–Kier alpha value is -1.94. The molecule has 126 valence electrons. The van der Waals surface area contributed by atoms with E-state index in [-0.39, 0.29) is 17.6 Å². The van der Waals surface area contributed by atoms with Gasteiger partial charge in [-0.15, -0.1) is 11.3 Å². The lowest BCUT2D eigenvalue weighted by molar-refractivity contribution is -0.124. The summed E-state index contributed by atoms with van der Waals surface area (Å²) in [5, 5.41) is 1.92. The molecule has 0 aliphatic carbocycles. The molecular weight excluding hydrogens is 318 g/mol. The van der Waals surface area contributed by atoms with Crippen LogP contribution < -0.4 is 0 Å². The van der Waals surface area contributed by atoms with Crippen LogP contribution in [0.2, 0.25) is 0 Å². The number of Topliss-reactive ketones (excluding diaryl/α,β-unsaturated/α-hetero) is 1. The normalized spacial score (nSPS) is 17.7. The average molecular weight is 341 g/mol. The van der Waals surface area contributed by atoms with Crippen LogP contribution >= 0.6 is 11.3 Å². The second kappa shape index (κ2) is 7.75. The number of likely N-dealkylation sites (tertiary alicyclic amines) is 1. The van der Waals surface area contributed by atoms with Crippen LogP contribution in [0.5, 0.6) is 0 Å². The maximum atomic E-state index is 12.6. The number of carbonyl (C=O) groups is 2. The summed E-state index contributed by atoms with van der Waals surface area (Å²) in [5.74, 6) is 0.351. The lowest BCUT2D eigenvalue weighted by Gasteiger charge is -2.32. The number of carbonyl (C=O) groups excluding carboxylic acids is 2. The summed E-state index contributed by atoms with van der Waals surface area (Å²) < 4.78 is 0. The predicted octanol–water partition coefficient (Wildman–Crippen LogP) is 4.11. The molecule has 0 radical (unpaired) electrons. The highest BCUT2D eigenvalue weighted by atomic mass is 32.1. The fraction of sp³-hybridized carbons (Fsp3) is 0.400. The van der Waals surface area contributed by atoms with Gasteiger partial charge in [-0.1, -0.05) is 30.3 Å². The maximum absolute atomic E-state index is 12.6. The molecule has 2 aromatic rings. The van der Waals surface area contributed by atoms with E-state index >= 15 is 0 Å². The molecule has 1 aromatic carbocycles. The molecule has 3 rings (SSSR count). The van der Waals surface area contributed by atoms with Crippen molar-refractivity contribution in [2.24, 2.45) is 5.92 Å². The zero-order chi connectivity index (χ0) is 16.9. The Morgan fingerprint density at radius 3 is 2.75 bits per heavy atom. The number of thiophene rings is 1. The summed E-state index contributed by atoms with van der Waals surface area (Å²) in [4.78, 5) is 28.1. The summed E-state index contributed by atoms with van der Waals surface area (Å²) in [6, 6.07) is 12.1. The van der Waals surface area contributed by atoms with E-state index in [4.69, 9.17) is 0 Å². The number of piperidine rings is 1. The van der Waals surface area contributed by atoms with Crippen LogP contribution in [-0.2, 0) is 11.2 Å². The van der Waals surface area contributed by atoms with Crippen LogP contribution in [0.15, 0.2) is 41.8 Å². The van der Waals surface area contributed by atoms with Gasteiger partial charge in [0, 0.05) is 35.7 Å². The van der Waals surface area contributed by atoms with E-state index in [1.54, 1.807) is 11.3 Å². The smallest absolute Gasteiger partial charge is 0.254 e. The summed E-state index contributed by atoms with van der Waals surface area (Å²) in [6.07, 6.45) is 3.17. The van der Waals surface area contributed by atoms with Crippen molar-refractivity contribution < 1.29 is 9.59 Å². The van der Waals surface area contributed by atoms with Crippen molar-refractivity contribution in [3.05, 3.63) is 57.8 Å². The van der Waals surface area contributed by atoms with E-state index in [2.05, 4.69) is 12.1 Å². The van der Waals surface area contributed by atoms with Gasteiger partial charge >= 0.3 is 0 Å². The number of amides is 1. The lowest BCUT2D eigenvalue weighted by atomic mass is 9.90. The molecule has 3 nitrogen and oxygen atoms in total. The van der Waals surface area contributed by atoms with Gasteiger partial charge in [-0.25, -0.2) is 0 Å². The van der Waals surface area contributed by atoms with Crippen molar-refractivity contribution in [2.45, 2.75) is 32.6 Å². The number of ketones is 1. The first-order valence-corrected chi connectivity index (χ1v) is 9.42. The van der Waals surface area contributed by atoms with Crippen molar-refractivity contribution in [3.63, 3.8) is 0 Å². The third-order valence-electron chi connectivity index (χ3n) is 4.64. The van der Waals surface area contributed by atoms with Crippen molar-refractivity contribution in [1.82, 2.24) is 4.90 Å². The van der Waals surface area contributed by atoms with Gasteiger partial charge in [0.25, 0.3) is 5.91 Å². The second-order valence-corrected chi connectivity index (χ2v) is 7.60. The van der Waals surface area contributed by atoms with Crippen LogP contribution in [0.1, 0.15) is 40.1 Å². The zero-order valence-corrected chi connectivity index (χ0v) is 14.8. The quantitative estimate of drug-likeness (QED) is 0.821. The number of nitrogens with zero attached hydrogens (tertiary/aromatic N) is 1. The summed E-state index contributed by atoms with van der Waals surface area (Å²) >= 11 is 1.60. The standard InChI is InChI=1S/C20H23NO2S/c1-15-12-18(14-24-15)20(23)21-11-5-8-17(13-21)19(22)10-9-16-6-3-2-4-7-16/h2-4,6-7,12,14,17H,5,8-11,13H2,1H3. The van der Waals surface area contributed by atoms with Crippen molar-refractivity contribution in [3.8, 4) is 0 Å². The Bertz CT molecular complexity index is 707. The van der Waals surface area contributed by atoms with Crippen molar-refractivity contribution >= 4 is 23.0 Å². The Balaban J connectivity index is 1.56. The van der Waals surface area contributed by atoms with E-state index in [0.29, 0.717) is 13.0 Å². The molecule has 1 aliphatic rings. The Labute approximate surface area is 147 Å². The van der Waals surface area contributed by atoms with Crippen LogP contribution in [0.25, 0.3) is 0 Å². The molecule has 0 bridgehead atoms. The van der Waals surface area contributed by atoms with Gasteiger partial charge in [0.15, 0.2) is 0 Å². The van der Waals surface area contributed by atoms with Crippen LogP contribution in [0.3, 0.4) is 0 Å². The Morgan fingerprint density at radius 1 is 1.25 bits per heavy atom. The van der Waals surface area contributed by atoms with Crippen LogP contribution in [0, 0.1) is 12.8 Å². The zero-order valence-electron chi connectivity index (χ0n) is 14.0. The van der Waals surface area contributed by atoms with Crippen molar-refractivity contribution in [2.75, 3.05) is 13.1 Å². The summed E-state index contributed by atoms with van der Waals surface area (Å²) in [7, 11) is 0. The van der Waals surface area contributed by atoms with Gasteiger partial charge in [-0.05, 0) is 37.8 Å². The molecule has 4 heteroatoms. The number of hydrogen-bond acceptors (Lipinski definition) is 3. The molecule has 1 fully saturated rings. The molecule has 1 aliphatic heterocycles. The van der Waals surface area contributed by atoms with Gasteiger partial charge in [-0.2, -0.15) is 0 Å². The summed E-state index contributed by atoms with van der Waals surface area (Å²) in [6.45, 7) is 3.34. The first-order valence-electron chi connectivity index (χ1n) is 8.54. The molecule has 0 N–H and O–H groups in total. The monoisotopic (exact) mass is 341 g/mol. The SMILES string of the molecule is Cc1cc(C(=O)N2CCCC(C(=O)CCc3ccccc3)C2)cs1. The highest BCUT2D eigenvalue weighted by Crippen LogP contribution is 2.23. The van der Waals surface area contributed by atoms with Gasteiger partial charge in [0.05, 0.1) is 5.56 Å². The van der Waals surface area contributed by atoms with E-state index in [9.17, 15) is 9.59 Å². The van der Waals surface area contributed by atoms with Gasteiger partial charge < -0.3 is 4.90 Å². The fourth-order valence-electron chi connectivity index (χ4n) is 3.28. The van der Waals surface area contributed by atoms with E-state index < -0.39 is 0 Å². The molecular formula is C20H23NO2S. The minimum atomic E-state index is -0.00820. The molecule has 1 aromatic heterocycles. The molecule has 0 saturated carbocycles. The highest BCUT2D eigenvalue weighted by molar-refractivity contribution is 7.10. The van der Waals surface area contributed by atoms with E-state index in [1.807, 2.05) is 41.5 Å². The van der Waals surface area contributed by atoms with E-state index in [0.717, 1.165) is 36.2 Å². The molecule has 1 saturated heterocycles. The van der Waals surface area contributed by atoms with Crippen molar-refractivity contribution in [1.29, 1.82) is 0 Å². The second-order valence-electron chi connectivity index (χ2n) is 6.49. The van der Waals surface area contributed by atoms with Gasteiger partial charge in [0.1, 0.15) is 5.78 Å². The number of aryl methyl sites for hydroxylation is 2. The molecule has 1 amide bonds. The fourth-order valence-corrected chi connectivity index (χ4v) is 3.96. The number of rotatable bonds is 5. The minimum absolute atomic E-state index is 0.00820. The first kappa shape index (κ1) is 16.9. The van der Waals surface area contributed by atoms with Gasteiger partial charge in [0.2, 0.25) is 0 Å². The Morgan fingerprint density at radius 2 is 2.04 bits per heavy atom. The molecule has 1 unspecified atom stereocenters. The number of hydrogen-bond donors (Lipinski definition) is 0. The number of benzene rings is 1. The third-order valence-corrected chi connectivity index (χ3v) is 5.51. The van der Waals surface area contributed by atoms with Crippen LogP contribution in [0.4, 0.5) is 0 Å². The highest BCUT2D eigenvalue weighted by Gasteiger charge is 2.28. The topological polar surface area (TPSA) is 37.4 Å². The average Bonchev–Trinajstić information content (AvgIpc) is 3.06. The molecule has 1 atom stereocenters. The third kappa shape index (κ3) is 4.12. The summed E-state index contributed by atoms with van der Waals surface area (Å²) in [5.41, 5.74) is 1.96. The van der Waals surface area contributed by atoms with E-state index in [1.165, 1.54) is 5.56 Å². The molecule has 0 spiro atoms. The van der Waals surface area contributed by atoms with Crippen LogP contribution in [-0.4, -0.2) is 29.7 Å². The predicted molar refractivity (Wildman–Crippen MR) is 97.5 cm³/mol. The Kier molecular flexibility index (Phi) is 5.46. The molecule has 24 heavy (non-hydrogen) atoms. The minimum Gasteiger partial charge on any atom is -0.338 e. The first-order chi connectivity index (χ1) is 11.6. The largest absolute Gasteiger partial charge is 0.338 e. The van der Waals surface area contributed by atoms with Gasteiger partial charge in [-0.3, -0.25) is 9.59 Å². The maximum Gasteiger partial charge on any atom is 0.254 e. The molecule has 2 heterocycles. The lowest BCUT2D eigenvalue weighted by Crippen LogP contribution is -2.42.